The van der Waals surface area contributed by atoms with Crippen LogP contribution >= 0.6 is 0 Å². The van der Waals surface area contributed by atoms with Crippen molar-refractivity contribution in [1.82, 2.24) is 5.32 Å². The number of benzene rings is 2. The Morgan fingerprint density at radius 2 is 1.60 bits per heavy atom. The monoisotopic (exact) mass is 335 g/mol. The lowest BCUT2D eigenvalue weighted by Crippen LogP contribution is -2.27. The van der Waals surface area contributed by atoms with Crippen molar-refractivity contribution in [2.45, 2.75) is 64.8 Å². The Morgan fingerprint density at radius 1 is 0.960 bits per heavy atom. The quantitative estimate of drug-likeness (QED) is 0.804. The van der Waals surface area contributed by atoms with E-state index in [0.717, 1.165) is 24.0 Å². The molecule has 1 aliphatic rings. The summed E-state index contributed by atoms with van der Waals surface area (Å²) in [6, 6.07) is 14.8. The van der Waals surface area contributed by atoms with Gasteiger partial charge in [-0.15, -0.1) is 0 Å². The van der Waals surface area contributed by atoms with Crippen LogP contribution in [-0.4, -0.2) is 5.91 Å². The summed E-state index contributed by atoms with van der Waals surface area (Å²) in [5.41, 5.74) is 6.13. The molecule has 0 saturated carbocycles. The molecule has 0 saturated heterocycles. The first-order chi connectivity index (χ1) is 11.8. The second-order valence-electron chi connectivity index (χ2n) is 8.26. The van der Waals surface area contributed by atoms with Gasteiger partial charge in [0.15, 0.2) is 0 Å². The van der Waals surface area contributed by atoms with E-state index in [4.69, 9.17) is 0 Å². The van der Waals surface area contributed by atoms with Gasteiger partial charge in [-0.1, -0.05) is 51.1 Å². The summed E-state index contributed by atoms with van der Waals surface area (Å²) >= 11 is 0. The van der Waals surface area contributed by atoms with Crippen molar-refractivity contribution < 1.29 is 4.79 Å². The Balaban J connectivity index is 1.70. The number of hydrogen-bond acceptors (Lipinski definition) is 1. The second-order valence-corrected chi connectivity index (χ2v) is 8.26. The van der Waals surface area contributed by atoms with Gasteiger partial charge in [-0.3, -0.25) is 4.79 Å². The third kappa shape index (κ3) is 4.12. The van der Waals surface area contributed by atoms with Crippen LogP contribution in [0.25, 0.3) is 0 Å². The number of carbonyl (C=O) groups excluding carboxylic acids is 1. The molecule has 2 nitrogen and oxygen atoms in total. The van der Waals surface area contributed by atoms with Crippen molar-refractivity contribution in [3.05, 3.63) is 70.3 Å². The van der Waals surface area contributed by atoms with E-state index < -0.39 is 0 Å². The standard InChI is InChI=1S/C23H29NO/c1-16(17-11-13-21(14-12-17)23(2,3)4)24-22(25)20-10-9-18-7-5-6-8-19(18)15-20/h9-16H,5-8H2,1-4H3,(H,24,25)/t16-/m0/s1. The molecule has 1 aliphatic carbocycles. The van der Waals surface area contributed by atoms with Crippen molar-refractivity contribution in [3.8, 4) is 0 Å². The van der Waals surface area contributed by atoms with Crippen LogP contribution in [0.1, 0.15) is 79.2 Å². The van der Waals surface area contributed by atoms with Gasteiger partial charge in [-0.25, -0.2) is 0 Å². The fraction of sp³-hybridized carbons (Fsp3) is 0.435. The van der Waals surface area contributed by atoms with Crippen molar-refractivity contribution in [3.63, 3.8) is 0 Å². The maximum Gasteiger partial charge on any atom is 0.251 e. The molecule has 2 heteroatoms. The fourth-order valence-corrected chi connectivity index (χ4v) is 3.51. The molecule has 1 amide bonds. The summed E-state index contributed by atoms with van der Waals surface area (Å²) in [6.07, 6.45) is 4.74. The largest absolute Gasteiger partial charge is 0.346 e. The van der Waals surface area contributed by atoms with Crippen molar-refractivity contribution in [1.29, 1.82) is 0 Å². The molecule has 1 N–H and O–H groups in total. The molecular formula is C23H29NO. The molecule has 2 aromatic rings. The average molecular weight is 335 g/mol. The molecule has 0 radical (unpaired) electrons. The minimum absolute atomic E-state index is 0.00227. The van der Waals surface area contributed by atoms with Crippen LogP contribution < -0.4 is 5.32 Å². The first-order valence-corrected chi connectivity index (χ1v) is 9.38. The lowest BCUT2D eigenvalue weighted by molar-refractivity contribution is 0.0939. The normalized spacial score (nSPS) is 15.4. The Labute approximate surface area is 151 Å². The van der Waals surface area contributed by atoms with Gasteiger partial charge in [0.2, 0.25) is 0 Å². The molecule has 0 unspecified atom stereocenters. The van der Waals surface area contributed by atoms with Crippen LogP contribution in [0.3, 0.4) is 0 Å². The third-order valence-electron chi connectivity index (χ3n) is 5.23. The minimum Gasteiger partial charge on any atom is -0.346 e. The number of nitrogens with one attached hydrogen (secondary N) is 1. The topological polar surface area (TPSA) is 29.1 Å². The summed E-state index contributed by atoms with van der Waals surface area (Å²) in [5, 5.41) is 3.14. The van der Waals surface area contributed by atoms with E-state index in [1.54, 1.807) is 0 Å². The van der Waals surface area contributed by atoms with E-state index >= 15 is 0 Å². The molecule has 0 aromatic heterocycles. The smallest absolute Gasteiger partial charge is 0.251 e. The number of carbonyl (C=O) groups is 1. The Morgan fingerprint density at radius 3 is 2.24 bits per heavy atom. The SMILES string of the molecule is C[C@H](NC(=O)c1ccc2c(c1)CCCC2)c1ccc(C(C)(C)C)cc1. The molecular weight excluding hydrogens is 306 g/mol. The van der Waals surface area contributed by atoms with E-state index in [2.05, 4.69) is 62.5 Å². The number of amides is 1. The average Bonchev–Trinajstić information content (AvgIpc) is 2.60. The molecule has 0 bridgehead atoms. The lowest BCUT2D eigenvalue weighted by Gasteiger charge is -2.21. The van der Waals surface area contributed by atoms with Gasteiger partial charge < -0.3 is 5.32 Å². The van der Waals surface area contributed by atoms with Gasteiger partial charge in [-0.2, -0.15) is 0 Å². The first kappa shape index (κ1) is 17.7. The molecule has 2 aromatic carbocycles. The predicted octanol–water partition coefficient (Wildman–Crippen LogP) is 5.35. The van der Waals surface area contributed by atoms with Crippen molar-refractivity contribution in [2.75, 3.05) is 0 Å². The number of rotatable bonds is 3. The molecule has 1 atom stereocenters. The molecule has 0 aliphatic heterocycles. The molecule has 3 rings (SSSR count). The first-order valence-electron chi connectivity index (χ1n) is 9.38. The Bertz CT molecular complexity index is 753. The zero-order valence-corrected chi connectivity index (χ0v) is 15.9. The van der Waals surface area contributed by atoms with Gasteiger partial charge in [-0.05, 0) is 72.4 Å². The van der Waals surface area contributed by atoms with E-state index in [1.807, 2.05) is 13.0 Å². The van der Waals surface area contributed by atoms with Crippen LogP contribution in [0.4, 0.5) is 0 Å². The van der Waals surface area contributed by atoms with Crippen LogP contribution in [0.2, 0.25) is 0 Å². The van der Waals surface area contributed by atoms with Gasteiger partial charge in [0.1, 0.15) is 0 Å². The fourth-order valence-electron chi connectivity index (χ4n) is 3.51. The molecule has 0 heterocycles. The van der Waals surface area contributed by atoms with Gasteiger partial charge in [0.05, 0.1) is 6.04 Å². The van der Waals surface area contributed by atoms with Crippen LogP contribution in [0.15, 0.2) is 42.5 Å². The minimum atomic E-state index is -0.00227. The highest BCUT2D eigenvalue weighted by Gasteiger charge is 2.17. The second kappa shape index (κ2) is 7.03. The summed E-state index contributed by atoms with van der Waals surface area (Å²) in [7, 11) is 0. The zero-order valence-electron chi connectivity index (χ0n) is 15.9. The van der Waals surface area contributed by atoms with E-state index in [0.29, 0.717) is 0 Å². The highest BCUT2D eigenvalue weighted by Crippen LogP contribution is 2.25. The highest BCUT2D eigenvalue weighted by molar-refractivity contribution is 5.94. The molecule has 25 heavy (non-hydrogen) atoms. The van der Waals surface area contributed by atoms with Gasteiger partial charge in [0, 0.05) is 5.56 Å². The van der Waals surface area contributed by atoms with E-state index in [1.165, 1.54) is 29.5 Å². The maximum atomic E-state index is 12.6. The Hall–Kier alpha value is -2.09. The highest BCUT2D eigenvalue weighted by atomic mass is 16.1. The van der Waals surface area contributed by atoms with E-state index in [9.17, 15) is 4.79 Å². The van der Waals surface area contributed by atoms with Crippen LogP contribution in [0.5, 0.6) is 0 Å². The van der Waals surface area contributed by atoms with Crippen LogP contribution in [0, 0.1) is 0 Å². The van der Waals surface area contributed by atoms with Crippen molar-refractivity contribution in [2.24, 2.45) is 0 Å². The summed E-state index contributed by atoms with van der Waals surface area (Å²) in [4.78, 5) is 12.6. The summed E-state index contributed by atoms with van der Waals surface area (Å²) in [5.74, 6) is 0.0146. The summed E-state index contributed by atoms with van der Waals surface area (Å²) < 4.78 is 0. The zero-order chi connectivity index (χ0) is 18.0. The summed E-state index contributed by atoms with van der Waals surface area (Å²) in [6.45, 7) is 8.68. The molecule has 132 valence electrons. The Kier molecular flexibility index (Phi) is 4.99. The predicted molar refractivity (Wildman–Crippen MR) is 104 cm³/mol. The van der Waals surface area contributed by atoms with Crippen molar-refractivity contribution >= 4 is 5.91 Å². The number of aryl methyl sites for hydroxylation is 2. The van der Waals surface area contributed by atoms with Gasteiger partial charge in [0.25, 0.3) is 5.91 Å². The number of fused-ring (bicyclic) bond motifs is 1. The number of hydrogen-bond donors (Lipinski definition) is 1. The van der Waals surface area contributed by atoms with Gasteiger partial charge >= 0.3 is 0 Å². The maximum absolute atomic E-state index is 12.6. The third-order valence-corrected chi connectivity index (χ3v) is 5.23. The molecule has 0 fully saturated rings. The lowest BCUT2D eigenvalue weighted by atomic mass is 9.86. The van der Waals surface area contributed by atoms with E-state index in [-0.39, 0.29) is 17.4 Å². The van der Waals surface area contributed by atoms with Crippen LogP contribution in [-0.2, 0) is 18.3 Å². The molecule has 0 spiro atoms.